The molecule has 1 aromatic carbocycles. The molecule has 1 aliphatic heterocycles. The highest BCUT2D eigenvalue weighted by Crippen LogP contribution is 2.38. The summed E-state index contributed by atoms with van der Waals surface area (Å²) in [7, 11) is 3.46. The van der Waals surface area contributed by atoms with Gasteiger partial charge in [-0.1, -0.05) is 29.8 Å². The molecule has 0 atom stereocenters. The third-order valence-electron chi connectivity index (χ3n) is 4.70. The van der Waals surface area contributed by atoms with Crippen molar-refractivity contribution in [1.29, 1.82) is 0 Å². The van der Waals surface area contributed by atoms with Crippen molar-refractivity contribution in [2.45, 2.75) is 25.2 Å². The van der Waals surface area contributed by atoms with E-state index in [0.29, 0.717) is 25.7 Å². The standard InChI is InChI=1S/C19H29ClN4O2.HI/c1-4-21-18(22-13-17(25)24(2)3)23-14-19(9-11-26-12-10-19)15-7-5-6-8-16(15)20;/h5-8H,4,9-14H2,1-3H3,(H2,21,22,23);1H. The molecule has 8 heteroatoms. The first kappa shape index (κ1) is 24.0. The number of halogens is 2. The SMILES string of the molecule is CCNC(=NCC(=O)N(C)C)NCC1(c2ccccc2Cl)CCOCC1.I. The van der Waals surface area contributed by atoms with Gasteiger partial charge in [0, 0.05) is 50.8 Å². The van der Waals surface area contributed by atoms with Crippen molar-refractivity contribution < 1.29 is 9.53 Å². The van der Waals surface area contributed by atoms with E-state index in [0.717, 1.165) is 30.0 Å². The van der Waals surface area contributed by atoms with Gasteiger partial charge in [0.1, 0.15) is 6.54 Å². The molecule has 0 aromatic heterocycles. The molecule has 6 nitrogen and oxygen atoms in total. The van der Waals surface area contributed by atoms with Crippen LogP contribution in [-0.2, 0) is 14.9 Å². The van der Waals surface area contributed by atoms with Crippen molar-refractivity contribution in [3.05, 3.63) is 34.9 Å². The number of nitrogens with zero attached hydrogens (tertiary/aromatic N) is 2. The molecule has 1 heterocycles. The predicted molar refractivity (Wildman–Crippen MR) is 121 cm³/mol. The number of aliphatic imine (C=N–C) groups is 1. The minimum atomic E-state index is -0.113. The summed E-state index contributed by atoms with van der Waals surface area (Å²) < 4.78 is 5.58. The van der Waals surface area contributed by atoms with E-state index >= 15 is 0 Å². The first-order chi connectivity index (χ1) is 12.5. The zero-order valence-corrected chi connectivity index (χ0v) is 19.3. The second-order valence-corrected chi connectivity index (χ2v) is 7.12. The summed E-state index contributed by atoms with van der Waals surface area (Å²) in [4.78, 5) is 17.8. The number of guanidine groups is 1. The Morgan fingerprint density at radius 3 is 2.52 bits per heavy atom. The highest BCUT2D eigenvalue weighted by molar-refractivity contribution is 14.0. The molecule has 152 valence electrons. The van der Waals surface area contributed by atoms with Gasteiger partial charge in [0.25, 0.3) is 0 Å². The first-order valence-corrected chi connectivity index (χ1v) is 9.41. The number of carbonyl (C=O) groups excluding carboxylic acids is 1. The third kappa shape index (κ3) is 6.80. The number of ether oxygens (including phenoxy) is 1. The van der Waals surface area contributed by atoms with Crippen LogP contribution in [0.4, 0.5) is 0 Å². The van der Waals surface area contributed by atoms with Crippen molar-refractivity contribution in [2.75, 3.05) is 46.9 Å². The topological polar surface area (TPSA) is 66.0 Å². The molecule has 0 spiro atoms. The van der Waals surface area contributed by atoms with E-state index in [1.54, 1.807) is 14.1 Å². The molecule has 0 bridgehead atoms. The minimum Gasteiger partial charge on any atom is -0.381 e. The van der Waals surface area contributed by atoms with E-state index in [1.165, 1.54) is 4.90 Å². The van der Waals surface area contributed by atoms with Gasteiger partial charge in [-0.15, -0.1) is 24.0 Å². The van der Waals surface area contributed by atoms with Crippen molar-refractivity contribution in [3.63, 3.8) is 0 Å². The van der Waals surface area contributed by atoms with Gasteiger partial charge >= 0.3 is 0 Å². The number of likely N-dealkylation sites (N-methyl/N-ethyl adjacent to an activating group) is 1. The maximum Gasteiger partial charge on any atom is 0.243 e. The zero-order chi connectivity index (χ0) is 19.0. The quantitative estimate of drug-likeness (QED) is 0.352. The lowest BCUT2D eigenvalue weighted by Gasteiger charge is -2.38. The Bertz CT molecular complexity index is 634. The molecule has 2 N–H and O–H groups in total. The Labute approximate surface area is 184 Å². The van der Waals surface area contributed by atoms with Gasteiger partial charge in [0.15, 0.2) is 5.96 Å². The largest absolute Gasteiger partial charge is 0.381 e. The fourth-order valence-electron chi connectivity index (χ4n) is 3.08. The van der Waals surface area contributed by atoms with Crippen LogP contribution in [0, 0.1) is 0 Å². The van der Waals surface area contributed by atoms with Crippen molar-refractivity contribution >= 4 is 47.4 Å². The molecule has 1 amide bonds. The second kappa shape index (κ2) is 11.7. The van der Waals surface area contributed by atoms with Crippen LogP contribution in [-0.4, -0.2) is 63.7 Å². The fourth-order valence-corrected chi connectivity index (χ4v) is 3.41. The summed E-state index contributed by atoms with van der Waals surface area (Å²) in [6.45, 7) is 4.94. The highest BCUT2D eigenvalue weighted by Gasteiger charge is 2.36. The maximum absolute atomic E-state index is 11.8. The lowest BCUT2D eigenvalue weighted by atomic mass is 9.74. The molecule has 1 saturated heterocycles. The first-order valence-electron chi connectivity index (χ1n) is 9.03. The summed E-state index contributed by atoms with van der Waals surface area (Å²) in [6, 6.07) is 8.00. The predicted octanol–water partition coefficient (Wildman–Crippen LogP) is 2.65. The van der Waals surface area contributed by atoms with Crippen LogP contribution in [0.15, 0.2) is 29.3 Å². The maximum atomic E-state index is 11.8. The lowest BCUT2D eigenvalue weighted by molar-refractivity contribution is -0.127. The summed E-state index contributed by atoms with van der Waals surface area (Å²) in [6.07, 6.45) is 1.78. The van der Waals surface area contributed by atoms with E-state index in [4.69, 9.17) is 16.3 Å². The molecular weight excluding hydrogens is 479 g/mol. The number of carbonyl (C=O) groups is 1. The van der Waals surface area contributed by atoms with E-state index in [-0.39, 0.29) is 41.8 Å². The highest BCUT2D eigenvalue weighted by atomic mass is 127. The van der Waals surface area contributed by atoms with Crippen LogP contribution in [0.5, 0.6) is 0 Å². The third-order valence-corrected chi connectivity index (χ3v) is 5.03. The van der Waals surface area contributed by atoms with Gasteiger partial charge in [0.05, 0.1) is 0 Å². The Balaban J connectivity index is 0.00000364. The van der Waals surface area contributed by atoms with Gasteiger partial charge in [0.2, 0.25) is 5.91 Å². The number of hydrogen-bond acceptors (Lipinski definition) is 3. The number of nitrogens with one attached hydrogen (secondary N) is 2. The van der Waals surface area contributed by atoms with E-state index in [9.17, 15) is 4.79 Å². The van der Waals surface area contributed by atoms with Gasteiger partial charge in [-0.2, -0.15) is 0 Å². The number of rotatable bonds is 6. The minimum absolute atomic E-state index is 0. The molecule has 2 rings (SSSR count). The average molecular weight is 509 g/mol. The fraction of sp³-hybridized carbons (Fsp3) is 0.579. The van der Waals surface area contributed by atoms with Gasteiger partial charge < -0.3 is 20.3 Å². The summed E-state index contributed by atoms with van der Waals surface area (Å²) in [5.74, 6) is 0.606. The smallest absolute Gasteiger partial charge is 0.243 e. The molecule has 0 saturated carbocycles. The average Bonchev–Trinajstić information content (AvgIpc) is 2.64. The molecule has 1 aliphatic rings. The Kier molecular flexibility index (Phi) is 10.4. The van der Waals surface area contributed by atoms with E-state index in [1.807, 2.05) is 25.1 Å². The van der Waals surface area contributed by atoms with Crippen LogP contribution in [0.3, 0.4) is 0 Å². The van der Waals surface area contributed by atoms with E-state index in [2.05, 4.69) is 21.7 Å². The Hall–Kier alpha value is -1.06. The second-order valence-electron chi connectivity index (χ2n) is 6.71. The molecular formula is C19H30ClIN4O2. The molecule has 1 aromatic rings. The van der Waals surface area contributed by atoms with E-state index < -0.39 is 0 Å². The van der Waals surface area contributed by atoms with Gasteiger partial charge in [-0.3, -0.25) is 4.79 Å². The molecule has 0 radical (unpaired) electrons. The lowest BCUT2D eigenvalue weighted by Crippen LogP contribution is -2.48. The zero-order valence-electron chi connectivity index (χ0n) is 16.3. The molecule has 0 aliphatic carbocycles. The number of benzene rings is 1. The number of amides is 1. The Morgan fingerprint density at radius 2 is 1.93 bits per heavy atom. The molecule has 0 unspecified atom stereocenters. The van der Waals surface area contributed by atoms with Crippen molar-refractivity contribution in [1.82, 2.24) is 15.5 Å². The summed E-state index contributed by atoms with van der Waals surface area (Å²) >= 11 is 6.50. The van der Waals surface area contributed by atoms with Crippen LogP contribution in [0.1, 0.15) is 25.3 Å². The normalized spacial score (nSPS) is 16.2. The van der Waals surface area contributed by atoms with Gasteiger partial charge in [-0.25, -0.2) is 4.99 Å². The van der Waals surface area contributed by atoms with Crippen LogP contribution < -0.4 is 10.6 Å². The molecule has 27 heavy (non-hydrogen) atoms. The molecule has 1 fully saturated rings. The summed E-state index contributed by atoms with van der Waals surface area (Å²) in [5, 5.41) is 7.39. The van der Waals surface area contributed by atoms with Gasteiger partial charge in [-0.05, 0) is 31.4 Å². The van der Waals surface area contributed by atoms with Crippen LogP contribution in [0.2, 0.25) is 5.02 Å². The number of hydrogen-bond donors (Lipinski definition) is 2. The summed E-state index contributed by atoms with van der Waals surface area (Å²) in [5.41, 5.74) is 1.02. The van der Waals surface area contributed by atoms with Crippen LogP contribution in [0.25, 0.3) is 0 Å². The van der Waals surface area contributed by atoms with Crippen molar-refractivity contribution in [2.24, 2.45) is 4.99 Å². The Morgan fingerprint density at radius 1 is 1.26 bits per heavy atom. The monoisotopic (exact) mass is 508 g/mol. The van der Waals surface area contributed by atoms with Crippen LogP contribution >= 0.6 is 35.6 Å². The van der Waals surface area contributed by atoms with Crippen molar-refractivity contribution in [3.8, 4) is 0 Å².